The van der Waals surface area contributed by atoms with Crippen molar-refractivity contribution in [2.24, 2.45) is 0 Å². The van der Waals surface area contributed by atoms with Crippen LogP contribution in [0.2, 0.25) is 0 Å². The lowest BCUT2D eigenvalue weighted by molar-refractivity contribution is -0.384. The van der Waals surface area contributed by atoms with Gasteiger partial charge in [-0.05, 0) is 24.3 Å². The monoisotopic (exact) mass is 347 g/mol. The molecule has 0 bridgehead atoms. The Balaban J connectivity index is 1.71. The smallest absolute Gasteiger partial charge is 0.292 e. The van der Waals surface area contributed by atoms with Crippen LogP contribution in [0.1, 0.15) is 10.4 Å². The second kappa shape index (κ2) is 6.84. The van der Waals surface area contributed by atoms with Crippen molar-refractivity contribution in [3.05, 3.63) is 69.8 Å². The highest BCUT2D eigenvalue weighted by molar-refractivity contribution is 5.94. The first-order chi connectivity index (χ1) is 12.0. The number of hydrogen-bond acceptors (Lipinski definition) is 4. The minimum Gasteiger partial charge on any atom is -0.362 e. The fraction of sp³-hybridized carbons (Fsp3) is 0.235. The number of rotatable bonds is 3. The molecule has 1 aliphatic heterocycles. The lowest BCUT2D eigenvalue weighted by Crippen LogP contribution is -2.49. The van der Waals surface area contributed by atoms with Crippen LogP contribution in [-0.4, -0.2) is 41.9 Å². The molecule has 1 saturated heterocycles. The topological polar surface area (TPSA) is 66.7 Å². The number of hydrogen-bond donors (Lipinski definition) is 0. The number of benzene rings is 2. The van der Waals surface area contributed by atoms with E-state index < -0.39 is 16.6 Å². The van der Waals surface area contributed by atoms with Crippen LogP contribution in [0.5, 0.6) is 0 Å². The van der Waals surface area contributed by atoms with E-state index in [1.807, 2.05) is 4.90 Å². The number of amides is 1. The van der Waals surface area contributed by atoms with Crippen molar-refractivity contribution < 1.29 is 18.5 Å². The molecule has 8 heteroatoms. The standard InChI is InChI=1S/C17H15F2N3O3/c18-13-6-5-12(11-14(13)19)17(23)21-9-7-20(8-10-21)15-3-1-2-4-16(15)22(24)25/h1-6,11H,7-10H2. The minimum atomic E-state index is -1.07. The first-order valence-corrected chi connectivity index (χ1v) is 7.70. The number of para-hydroxylation sites is 2. The largest absolute Gasteiger partial charge is 0.362 e. The third-order valence-electron chi connectivity index (χ3n) is 4.15. The summed E-state index contributed by atoms with van der Waals surface area (Å²) in [4.78, 5) is 26.5. The molecular weight excluding hydrogens is 332 g/mol. The molecule has 3 rings (SSSR count). The molecule has 0 radical (unpaired) electrons. The van der Waals surface area contributed by atoms with Crippen LogP contribution in [0, 0.1) is 21.7 Å². The summed E-state index contributed by atoms with van der Waals surface area (Å²) in [5.41, 5.74) is 0.605. The number of halogens is 2. The number of nitrogens with zero attached hydrogens (tertiary/aromatic N) is 3. The van der Waals surface area contributed by atoms with Crippen LogP contribution in [-0.2, 0) is 0 Å². The van der Waals surface area contributed by atoms with Crippen molar-refractivity contribution in [2.75, 3.05) is 31.1 Å². The van der Waals surface area contributed by atoms with Crippen molar-refractivity contribution in [3.63, 3.8) is 0 Å². The average Bonchev–Trinajstić information content (AvgIpc) is 2.63. The molecule has 130 valence electrons. The SMILES string of the molecule is O=C(c1ccc(F)c(F)c1)N1CCN(c2ccccc2[N+](=O)[O-])CC1. The molecule has 1 aliphatic rings. The van der Waals surface area contributed by atoms with Gasteiger partial charge in [-0.1, -0.05) is 12.1 Å². The van der Waals surface area contributed by atoms with Gasteiger partial charge < -0.3 is 9.80 Å². The van der Waals surface area contributed by atoms with Gasteiger partial charge >= 0.3 is 0 Å². The van der Waals surface area contributed by atoms with Crippen LogP contribution in [0.25, 0.3) is 0 Å². The predicted octanol–water partition coefficient (Wildman–Crippen LogP) is 2.84. The van der Waals surface area contributed by atoms with E-state index >= 15 is 0 Å². The molecule has 0 aliphatic carbocycles. The summed E-state index contributed by atoms with van der Waals surface area (Å²) in [6.07, 6.45) is 0. The minimum absolute atomic E-state index is 0.0166. The average molecular weight is 347 g/mol. The van der Waals surface area contributed by atoms with Gasteiger partial charge in [0.2, 0.25) is 0 Å². The summed E-state index contributed by atoms with van der Waals surface area (Å²) in [7, 11) is 0. The molecule has 0 spiro atoms. The van der Waals surface area contributed by atoms with Gasteiger partial charge in [0.25, 0.3) is 11.6 Å². The molecule has 2 aromatic rings. The van der Waals surface area contributed by atoms with E-state index in [1.54, 1.807) is 18.2 Å². The maximum absolute atomic E-state index is 13.3. The van der Waals surface area contributed by atoms with Crippen molar-refractivity contribution in [1.29, 1.82) is 0 Å². The number of carbonyl (C=O) groups is 1. The second-order valence-electron chi connectivity index (χ2n) is 5.65. The summed E-state index contributed by atoms with van der Waals surface area (Å²) in [5.74, 6) is -2.46. The summed E-state index contributed by atoms with van der Waals surface area (Å²) in [5, 5.41) is 11.1. The highest BCUT2D eigenvalue weighted by Gasteiger charge is 2.26. The Kier molecular flexibility index (Phi) is 4.60. The molecule has 0 N–H and O–H groups in total. The van der Waals surface area contributed by atoms with Crippen LogP contribution in [0.4, 0.5) is 20.2 Å². The first-order valence-electron chi connectivity index (χ1n) is 7.70. The third-order valence-corrected chi connectivity index (χ3v) is 4.15. The lowest BCUT2D eigenvalue weighted by atomic mass is 10.1. The first kappa shape index (κ1) is 16.8. The third kappa shape index (κ3) is 3.42. The van der Waals surface area contributed by atoms with Gasteiger partial charge in [-0.3, -0.25) is 14.9 Å². The number of nitro benzene ring substituents is 1. The number of carbonyl (C=O) groups excluding carboxylic acids is 1. The Bertz CT molecular complexity index is 821. The van der Waals surface area contributed by atoms with E-state index in [0.717, 1.165) is 12.1 Å². The maximum Gasteiger partial charge on any atom is 0.292 e. The molecule has 1 heterocycles. The zero-order valence-corrected chi connectivity index (χ0v) is 13.2. The Morgan fingerprint density at radius 3 is 2.32 bits per heavy atom. The summed E-state index contributed by atoms with van der Waals surface area (Å²) in [6.45, 7) is 1.51. The molecule has 1 amide bonds. The van der Waals surface area contributed by atoms with Crippen molar-refractivity contribution in [3.8, 4) is 0 Å². The number of nitro groups is 1. The van der Waals surface area contributed by atoms with Crippen LogP contribution in [0.15, 0.2) is 42.5 Å². The molecule has 0 unspecified atom stereocenters. The lowest BCUT2D eigenvalue weighted by Gasteiger charge is -2.35. The summed E-state index contributed by atoms with van der Waals surface area (Å²) >= 11 is 0. The van der Waals surface area contributed by atoms with E-state index in [4.69, 9.17) is 0 Å². The Labute approximate surface area is 142 Å². The highest BCUT2D eigenvalue weighted by atomic mass is 19.2. The van der Waals surface area contributed by atoms with Gasteiger partial charge in [0.1, 0.15) is 5.69 Å². The predicted molar refractivity (Wildman–Crippen MR) is 87.6 cm³/mol. The Morgan fingerprint density at radius 1 is 1.00 bits per heavy atom. The molecule has 0 atom stereocenters. The van der Waals surface area contributed by atoms with E-state index in [2.05, 4.69) is 0 Å². The van der Waals surface area contributed by atoms with Crippen LogP contribution >= 0.6 is 0 Å². The van der Waals surface area contributed by atoms with E-state index in [0.29, 0.717) is 31.9 Å². The summed E-state index contributed by atoms with van der Waals surface area (Å²) in [6, 6.07) is 9.48. The molecule has 6 nitrogen and oxygen atoms in total. The zero-order chi connectivity index (χ0) is 18.0. The fourth-order valence-electron chi connectivity index (χ4n) is 2.85. The van der Waals surface area contributed by atoms with Crippen molar-refractivity contribution >= 4 is 17.3 Å². The second-order valence-corrected chi connectivity index (χ2v) is 5.65. The van der Waals surface area contributed by atoms with E-state index in [9.17, 15) is 23.7 Å². The Morgan fingerprint density at radius 2 is 1.68 bits per heavy atom. The highest BCUT2D eigenvalue weighted by Crippen LogP contribution is 2.28. The number of piperazine rings is 1. The van der Waals surface area contributed by atoms with Gasteiger partial charge in [0, 0.05) is 37.8 Å². The van der Waals surface area contributed by atoms with Gasteiger partial charge in [0.15, 0.2) is 11.6 Å². The van der Waals surface area contributed by atoms with E-state index in [1.165, 1.54) is 17.0 Å². The molecule has 0 aromatic heterocycles. The fourth-order valence-corrected chi connectivity index (χ4v) is 2.85. The Hall–Kier alpha value is -3.03. The van der Waals surface area contributed by atoms with E-state index in [-0.39, 0.29) is 17.2 Å². The van der Waals surface area contributed by atoms with Crippen LogP contribution < -0.4 is 4.90 Å². The van der Waals surface area contributed by atoms with Crippen LogP contribution in [0.3, 0.4) is 0 Å². The normalized spacial score (nSPS) is 14.5. The van der Waals surface area contributed by atoms with Gasteiger partial charge in [-0.2, -0.15) is 0 Å². The van der Waals surface area contributed by atoms with Gasteiger partial charge in [-0.15, -0.1) is 0 Å². The van der Waals surface area contributed by atoms with Gasteiger partial charge in [-0.25, -0.2) is 8.78 Å². The van der Waals surface area contributed by atoms with Crippen molar-refractivity contribution in [2.45, 2.75) is 0 Å². The summed E-state index contributed by atoms with van der Waals surface area (Å²) < 4.78 is 26.3. The maximum atomic E-state index is 13.3. The molecule has 1 fully saturated rings. The zero-order valence-electron chi connectivity index (χ0n) is 13.2. The molecule has 0 saturated carbocycles. The molecule has 25 heavy (non-hydrogen) atoms. The van der Waals surface area contributed by atoms with Crippen molar-refractivity contribution in [1.82, 2.24) is 4.90 Å². The quantitative estimate of drug-likeness (QED) is 0.633. The molecular formula is C17H15F2N3O3. The van der Waals surface area contributed by atoms with Gasteiger partial charge in [0.05, 0.1) is 4.92 Å². The molecule has 2 aromatic carbocycles. The number of anilines is 1.